The molecule has 106 valence electrons. The molecule has 0 fully saturated rings. The maximum absolute atomic E-state index is 6.24. The number of tetrazole rings is 1. The highest BCUT2D eigenvalue weighted by Gasteiger charge is 2.16. The first kappa shape index (κ1) is 14.0. The van der Waals surface area contributed by atoms with Crippen molar-refractivity contribution in [3.63, 3.8) is 0 Å². The molecule has 0 radical (unpaired) electrons. The van der Waals surface area contributed by atoms with Crippen molar-refractivity contribution in [2.75, 3.05) is 5.73 Å². The number of hydrogen-bond acceptors (Lipinski definition) is 4. The molecule has 2 aromatic carbocycles. The lowest BCUT2D eigenvalue weighted by molar-refractivity contribution is 0.790. The molecule has 0 bridgehead atoms. The maximum Gasteiger partial charge on any atom is 0.190 e. The smallest absolute Gasteiger partial charge is 0.190 e. The SMILES string of the molecule is Cc1cc(-n2nnnc2-c2c(N)cccc2Cl)ccc1Br. The number of nitrogen functional groups attached to an aromatic ring is 1. The van der Waals surface area contributed by atoms with E-state index in [1.807, 2.05) is 25.1 Å². The van der Waals surface area contributed by atoms with Crippen LogP contribution in [0.4, 0.5) is 5.69 Å². The number of aromatic nitrogens is 4. The fraction of sp³-hybridized carbons (Fsp3) is 0.0714. The van der Waals surface area contributed by atoms with Crippen LogP contribution < -0.4 is 5.73 Å². The molecule has 0 unspecified atom stereocenters. The predicted molar refractivity (Wildman–Crippen MR) is 86.4 cm³/mol. The van der Waals surface area contributed by atoms with Gasteiger partial charge < -0.3 is 5.73 Å². The number of nitrogens with two attached hydrogens (primary N) is 1. The molecule has 0 aliphatic carbocycles. The molecule has 7 heteroatoms. The van der Waals surface area contributed by atoms with Crippen LogP contribution in [0.15, 0.2) is 40.9 Å². The maximum atomic E-state index is 6.24. The highest BCUT2D eigenvalue weighted by molar-refractivity contribution is 9.10. The Morgan fingerprint density at radius 2 is 2.05 bits per heavy atom. The van der Waals surface area contributed by atoms with Crippen LogP contribution in [0.25, 0.3) is 17.1 Å². The summed E-state index contributed by atoms with van der Waals surface area (Å²) >= 11 is 9.72. The number of halogens is 2. The Morgan fingerprint density at radius 3 is 2.76 bits per heavy atom. The summed E-state index contributed by atoms with van der Waals surface area (Å²) in [5.41, 5.74) is 9.10. The van der Waals surface area contributed by atoms with E-state index >= 15 is 0 Å². The van der Waals surface area contributed by atoms with E-state index in [-0.39, 0.29) is 0 Å². The van der Waals surface area contributed by atoms with Gasteiger partial charge in [-0.3, -0.25) is 0 Å². The number of rotatable bonds is 2. The molecule has 0 atom stereocenters. The lowest BCUT2D eigenvalue weighted by Crippen LogP contribution is -2.02. The Labute approximate surface area is 134 Å². The van der Waals surface area contributed by atoms with Crippen LogP contribution in [-0.4, -0.2) is 20.2 Å². The fourth-order valence-electron chi connectivity index (χ4n) is 2.05. The van der Waals surface area contributed by atoms with Gasteiger partial charge in [0.2, 0.25) is 0 Å². The molecule has 0 saturated carbocycles. The second-order valence-electron chi connectivity index (χ2n) is 4.55. The highest BCUT2D eigenvalue weighted by atomic mass is 79.9. The largest absolute Gasteiger partial charge is 0.398 e. The molecule has 21 heavy (non-hydrogen) atoms. The third-order valence-corrected chi connectivity index (χ3v) is 4.33. The molecule has 1 aromatic heterocycles. The zero-order valence-electron chi connectivity index (χ0n) is 11.1. The van der Waals surface area contributed by atoms with Gasteiger partial charge in [0.1, 0.15) is 0 Å². The van der Waals surface area contributed by atoms with E-state index in [0.717, 1.165) is 15.7 Å². The van der Waals surface area contributed by atoms with Crippen LogP contribution in [0.5, 0.6) is 0 Å². The van der Waals surface area contributed by atoms with Crippen LogP contribution >= 0.6 is 27.5 Å². The first-order valence-corrected chi connectivity index (χ1v) is 7.34. The van der Waals surface area contributed by atoms with E-state index in [2.05, 4.69) is 31.5 Å². The zero-order chi connectivity index (χ0) is 15.0. The average Bonchev–Trinajstić information content (AvgIpc) is 2.91. The van der Waals surface area contributed by atoms with Gasteiger partial charge in [-0.1, -0.05) is 33.6 Å². The molecule has 0 saturated heterocycles. The van der Waals surface area contributed by atoms with Crippen LogP contribution in [0.3, 0.4) is 0 Å². The normalized spacial score (nSPS) is 10.8. The van der Waals surface area contributed by atoms with Crippen molar-refractivity contribution < 1.29 is 0 Å². The first-order valence-electron chi connectivity index (χ1n) is 6.17. The average molecular weight is 365 g/mol. The molecular weight excluding hydrogens is 354 g/mol. The number of anilines is 1. The molecule has 3 rings (SSSR count). The summed E-state index contributed by atoms with van der Waals surface area (Å²) in [4.78, 5) is 0. The van der Waals surface area contributed by atoms with Crippen molar-refractivity contribution in [3.8, 4) is 17.1 Å². The van der Waals surface area contributed by atoms with Crippen molar-refractivity contribution in [2.45, 2.75) is 6.92 Å². The molecule has 0 aliphatic rings. The Morgan fingerprint density at radius 1 is 1.24 bits per heavy atom. The number of benzene rings is 2. The zero-order valence-corrected chi connectivity index (χ0v) is 13.4. The molecular formula is C14H11BrClN5. The number of nitrogens with zero attached hydrogens (tertiary/aromatic N) is 4. The van der Waals surface area contributed by atoms with Gasteiger partial charge >= 0.3 is 0 Å². The van der Waals surface area contributed by atoms with E-state index < -0.39 is 0 Å². The Balaban J connectivity index is 2.20. The van der Waals surface area contributed by atoms with Crippen LogP contribution in [0.2, 0.25) is 5.02 Å². The fourth-order valence-corrected chi connectivity index (χ4v) is 2.57. The Bertz CT molecular complexity index is 795. The Kier molecular flexibility index (Phi) is 3.65. The summed E-state index contributed by atoms with van der Waals surface area (Å²) in [5, 5.41) is 12.4. The van der Waals surface area contributed by atoms with Crippen molar-refractivity contribution >= 4 is 33.2 Å². The first-order chi connectivity index (χ1) is 10.1. The van der Waals surface area contributed by atoms with Gasteiger partial charge in [0, 0.05) is 10.2 Å². The van der Waals surface area contributed by atoms with E-state index in [4.69, 9.17) is 17.3 Å². The molecule has 0 spiro atoms. The molecule has 2 N–H and O–H groups in total. The summed E-state index contributed by atoms with van der Waals surface area (Å²) in [7, 11) is 0. The van der Waals surface area contributed by atoms with Crippen LogP contribution in [0.1, 0.15) is 5.56 Å². The lowest BCUT2D eigenvalue weighted by Gasteiger charge is -2.09. The van der Waals surface area contributed by atoms with E-state index in [1.165, 1.54) is 0 Å². The van der Waals surface area contributed by atoms with Crippen LogP contribution in [0, 0.1) is 6.92 Å². The van der Waals surface area contributed by atoms with Crippen LogP contribution in [-0.2, 0) is 0 Å². The molecule has 0 amide bonds. The minimum absolute atomic E-state index is 0.514. The number of aryl methyl sites for hydroxylation is 1. The van der Waals surface area contributed by atoms with E-state index in [1.54, 1.807) is 22.9 Å². The minimum atomic E-state index is 0.514. The highest BCUT2D eigenvalue weighted by Crippen LogP contribution is 2.32. The molecule has 0 aliphatic heterocycles. The van der Waals surface area contributed by atoms with Crippen molar-refractivity contribution in [1.82, 2.24) is 20.2 Å². The Hall–Kier alpha value is -1.92. The van der Waals surface area contributed by atoms with Gasteiger partial charge in [0.25, 0.3) is 0 Å². The number of hydrogen-bond donors (Lipinski definition) is 1. The van der Waals surface area contributed by atoms with Crippen molar-refractivity contribution in [1.29, 1.82) is 0 Å². The van der Waals surface area contributed by atoms with E-state index in [9.17, 15) is 0 Å². The van der Waals surface area contributed by atoms with Crippen molar-refractivity contribution in [2.24, 2.45) is 0 Å². The molecule has 3 aromatic rings. The van der Waals surface area contributed by atoms with Gasteiger partial charge in [-0.2, -0.15) is 4.68 Å². The predicted octanol–water partition coefficient (Wildman–Crippen LogP) is 3.64. The third-order valence-electron chi connectivity index (χ3n) is 3.13. The summed E-state index contributed by atoms with van der Waals surface area (Å²) in [6.07, 6.45) is 0. The molecule has 5 nitrogen and oxygen atoms in total. The van der Waals surface area contributed by atoms with Crippen molar-refractivity contribution in [3.05, 3.63) is 51.5 Å². The standard InChI is InChI=1S/C14H11BrClN5/c1-8-7-9(5-6-10(8)15)21-14(18-19-20-21)13-11(16)3-2-4-12(13)17/h2-7H,17H2,1H3. The quantitative estimate of drug-likeness (QED) is 0.705. The minimum Gasteiger partial charge on any atom is -0.398 e. The summed E-state index contributed by atoms with van der Waals surface area (Å²) < 4.78 is 2.65. The third kappa shape index (κ3) is 2.52. The van der Waals surface area contributed by atoms with E-state index in [0.29, 0.717) is 22.1 Å². The lowest BCUT2D eigenvalue weighted by atomic mass is 10.1. The van der Waals surface area contributed by atoms with Gasteiger partial charge in [0.05, 0.1) is 16.3 Å². The van der Waals surface area contributed by atoms with Gasteiger partial charge in [-0.05, 0) is 53.2 Å². The van der Waals surface area contributed by atoms with Gasteiger partial charge in [0.15, 0.2) is 5.82 Å². The van der Waals surface area contributed by atoms with Gasteiger partial charge in [-0.25, -0.2) is 0 Å². The monoisotopic (exact) mass is 363 g/mol. The molecule has 1 heterocycles. The topological polar surface area (TPSA) is 69.6 Å². The summed E-state index contributed by atoms with van der Waals surface area (Å²) in [6, 6.07) is 11.2. The second kappa shape index (κ2) is 5.46. The summed E-state index contributed by atoms with van der Waals surface area (Å²) in [5.74, 6) is 0.514. The summed E-state index contributed by atoms with van der Waals surface area (Å²) in [6.45, 7) is 2.00. The van der Waals surface area contributed by atoms with Gasteiger partial charge in [-0.15, -0.1) is 5.10 Å². The second-order valence-corrected chi connectivity index (χ2v) is 5.81.